The first-order chi connectivity index (χ1) is 10.9. The second kappa shape index (κ2) is 6.49. The van der Waals surface area contributed by atoms with Crippen LogP contribution in [0.5, 0.6) is 0 Å². The molecule has 2 aromatic rings. The van der Waals surface area contributed by atoms with Crippen molar-refractivity contribution in [2.24, 2.45) is 0 Å². The number of hydrogen-bond donors (Lipinski definition) is 0. The van der Waals surface area contributed by atoms with E-state index >= 15 is 0 Å². The van der Waals surface area contributed by atoms with Gasteiger partial charge in [-0.3, -0.25) is 4.90 Å². The Kier molecular flexibility index (Phi) is 4.24. The van der Waals surface area contributed by atoms with Crippen molar-refractivity contribution in [2.75, 3.05) is 43.0 Å². The van der Waals surface area contributed by atoms with Crippen LogP contribution in [0.2, 0.25) is 0 Å². The molecule has 2 aliphatic rings. The van der Waals surface area contributed by atoms with Crippen LogP contribution in [-0.2, 0) is 4.74 Å². The molecule has 0 amide bonds. The number of aromatic nitrogens is 2. The molecular formula is C14H19N5OS2. The Morgan fingerprint density at radius 1 is 1.05 bits per heavy atom. The number of thiazole rings is 2. The minimum atomic E-state index is 0.370. The van der Waals surface area contributed by atoms with E-state index in [-0.39, 0.29) is 0 Å². The van der Waals surface area contributed by atoms with Crippen molar-refractivity contribution in [3.05, 3.63) is 23.2 Å². The highest BCUT2D eigenvalue weighted by Gasteiger charge is 2.29. The fourth-order valence-electron chi connectivity index (χ4n) is 3.00. The highest BCUT2D eigenvalue weighted by molar-refractivity contribution is 7.14. The lowest BCUT2D eigenvalue weighted by atomic mass is 10.2. The van der Waals surface area contributed by atoms with Crippen LogP contribution in [0.3, 0.4) is 0 Å². The van der Waals surface area contributed by atoms with Gasteiger partial charge in [-0.1, -0.05) is 0 Å². The number of rotatable bonds is 4. The van der Waals surface area contributed by atoms with Gasteiger partial charge in [0.2, 0.25) is 0 Å². The zero-order valence-corrected chi connectivity index (χ0v) is 13.9. The molecule has 0 N–H and O–H groups in total. The molecule has 0 aromatic carbocycles. The highest BCUT2D eigenvalue weighted by Crippen LogP contribution is 2.26. The van der Waals surface area contributed by atoms with E-state index in [0.29, 0.717) is 6.10 Å². The average Bonchev–Trinajstić information content (AvgIpc) is 3.29. The van der Waals surface area contributed by atoms with Gasteiger partial charge in [-0.15, -0.1) is 22.7 Å². The van der Waals surface area contributed by atoms with Crippen LogP contribution in [-0.4, -0.2) is 54.1 Å². The topological polar surface area (TPSA) is 44.7 Å². The van der Waals surface area contributed by atoms with Crippen LogP contribution in [0, 0.1) is 0 Å². The van der Waals surface area contributed by atoms with Gasteiger partial charge in [-0.05, 0) is 12.8 Å². The smallest absolute Gasteiger partial charge is 0.187 e. The molecule has 2 fully saturated rings. The summed E-state index contributed by atoms with van der Waals surface area (Å²) >= 11 is 3.37. The molecule has 0 radical (unpaired) electrons. The fourth-order valence-corrected chi connectivity index (χ4v) is 4.26. The van der Waals surface area contributed by atoms with Crippen molar-refractivity contribution in [2.45, 2.75) is 18.9 Å². The van der Waals surface area contributed by atoms with E-state index in [1.54, 1.807) is 22.7 Å². The van der Waals surface area contributed by atoms with E-state index < -0.39 is 0 Å². The molecule has 2 aromatic heterocycles. The van der Waals surface area contributed by atoms with Crippen molar-refractivity contribution < 1.29 is 4.74 Å². The molecule has 2 aliphatic heterocycles. The number of anilines is 2. The molecule has 22 heavy (non-hydrogen) atoms. The molecule has 8 heteroatoms. The summed E-state index contributed by atoms with van der Waals surface area (Å²) in [6, 6.07) is 0. The van der Waals surface area contributed by atoms with Gasteiger partial charge in [0, 0.05) is 36.3 Å². The molecule has 0 saturated carbocycles. The number of nitrogens with zero attached hydrogens (tertiary/aromatic N) is 5. The van der Waals surface area contributed by atoms with Gasteiger partial charge in [0.15, 0.2) is 10.3 Å². The summed E-state index contributed by atoms with van der Waals surface area (Å²) in [6.07, 6.45) is 6.46. The Hall–Kier alpha value is -1.22. The van der Waals surface area contributed by atoms with Crippen molar-refractivity contribution >= 4 is 32.9 Å². The lowest BCUT2D eigenvalue weighted by molar-refractivity contribution is 0.0689. The maximum Gasteiger partial charge on any atom is 0.187 e. The maximum atomic E-state index is 5.80. The summed E-state index contributed by atoms with van der Waals surface area (Å²) in [6.45, 7) is 4.52. The summed E-state index contributed by atoms with van der Waals surface area (Å²) in [5, 5.41) is 6.20. The third-order valence-electron chi connectivity index (χ3n) is 3.95. The first-order valence-electron chi connectivity index (χ1n) is 7.51. The third kappa shape index (κ3) is 3.10. The number of hydrogen-bond acceptors (Lipinski definition) is 8. The van der Waals surface area contributed by atoms with Crippen LogP contribution in [0.4, 0.5) is 10.3 Å². The van der Waals surface area contributed by atoms with Crippen LogP contribution in [0.15, 0.2) is 23.2 Å². The molecule has 0 unspecified atom stereocenters. The van der Waals surface area contributed by atoms with E-state index in [2.05, 4.69) is 24.7 Å². The fraction of sp³-hybridized carbons (Fsp3) is 0.571. The van der Waals surface area contributed by atoms with Crippen molar-refractivity contribution in [1.29, 1.82) is 0 Å². The summed E-state index contributed by atoms with van der Waals surface area (Å²) in [5.41, 5.74) is 0. The van der Waals surface area contributed by atoms with E-state index in [0.717, 1.165) is 43.4 Å². The molecular weight excluding hydrogens is 318 g/mol. The minimum Gasteiger partial charge on any atom is -0.377 e. The normalized spacial score (nSPS) is 23.4. The Bertz CT molecular complexity index is 528. The molecule has 4 rings (SSSR count). The summed E-state index contributed by atoms with van der Waals surface area (Å²) in [5.74, 6) is 0. The monoisotopic (exact) mass is 337 g/mol. The first-order valence-corrected chi connectivity index (χ1v) is 9.27. The lowest BCUT2D eigenvalue weighted by Crippen LogP contribution is -2.56. The summed E-state index contributed by atoms with van der Waals surface area (Å²) in [4.78, 5) is 16.0. The summed E-state index contributed by atoms with van der Waals surface area (Å²) < 4.78 is 5.80. The largest absolute Gasteiger partial charge is 0.377 e. The Morgan fingerprint density at radius 3 is 2.23 bits per heavy atom. The zero-order valence-electron chi connectivity index (χ0n) is 12.3. The van der Waals surface area contributed by atoms with Gasteiger partial charge < -0.3 is 14.5 Å². The van der Waals surface area contributed by atoms with Crippen LogP contribution >= 0.6 is 22.7 Å². The predicted molar refractivity (Wildman–Crippen MR) is 89.5 cm³/mol. The summed E-state index contributed by atoms with van der Waals surface area (Å²) in [7, 11) is 0. The molecule has 0 spiro atoms. The van der Waals surface area contributed by atoms with Crippen LogP contribution in [0.1, 0.15) is 12.8 Å². The van der Waals surface area contributed by atoms with Gasteiger partial charge in [0.25, 0.3) is 0 Å². The molecule has 6 nitrogen and oxygen atoms in total. The first kappa shape index (κ1) is 14.4. The second-order valence-electron chi connectivity index (χ2n) is 5.62. The van der Waals surface area contributed by atoms with E-state index in [9.17, 15) is 0 Å². The maximum absolute atomic E-state index is 5.80. The average molecular weight is 337 g/mol. The highest BCUT2D eigenvalue weighted by atomic mass is 32.1. The van der Waals surface area contributed by atoms with Crippen molar-refractivity contribution in [1.82, 2.24) is 14.9 Å². The van der Waals surface area contributed by atoms with Crippen molar-refractivity contribution in [3.63, 3.8) is 0 Å². The van der Waals surface area contributed by atoms with E-state index in [1.165, 1.54) is 12.8 Å². The van der Waals surface area contributed by atoms with Crippen molar-refractivity contribution in [3.8, 4) is 0 Å². The Labute approximate surface area is 138 Å². The van der Waals surface area contributed by atoms with Gasteiger partial charge in [0.1, 0.15) is 0 Å². The van der Waals surface area contributed by atoms with Gasteiger partial charge >= 0.3 is 0 Å². The molecule has 4 heterocycles. The molecule has 0 bridgehead atoms. The quantitative estimate of drug-likeness (QED) is 0.853. The van der Waals surface area contributed by atoms with Crippen LogP contribution < -0.4 is 9.80 Å². The molecule has 118 valence electrons. The minimum absolute atomic E-state index is 0.370. The SMILES string of the molecule is c1csc(N2CN(C[C@@H]3CCCO3)CN(c3nccs3)C2)n1. The van der Waals surface area contributed by atoms with E-state index in [4.69, 9.17) is 4.74 Å². The number of ether oxygens (including phenoxy) is 1. The van der Waals surface area contributed by atoms with Crippen LogP contribution in [0.25, 0.3) is 0 Å². The van der Waals surface area contributed by atoms with Gasteiger partial charge in [-0.25, -0.2) is 9.97 Å². The molecule has 2 saturated heterocycles. The van der Waals surface area contributed by atoms with Gasteiger partial charge in [0.05, 0.1) is 26.1 Å². The second-order valence-corrected chi connectivity index (χ2v) is 7.37. The Balaban J connectivity index is 1.50. The van der Waals surface area contributed by atoms with E-state index in [1.807, 2.05) is 23.2 Å². The molecule has 0 aliphatic carbocycles. The predicted octanol–water partition coefficient (Wildman–Crippen LogP) is 2.28. The third-order valence-corrected chi connectivity index (χ3v) is 5.61. The standard InChI is InChI=1S/C14H19N5OS2/c1-2-12(20-5-1)8-17-9-18(13-15-3-6-21-13)11-19(10-17)14-16-4-7-22-14/h3-4,6-7,12H,1-2,5,8-11H2/t12-/m0/s1. The lowest BCUT2D eigenvalue weighted by Gasteiger charge is -2.42. The molecule has 1 atom stereocenters. The zero-order chi connectivity index (χ0) is 14.8. The Morgan fingerprint density at radius 2 is 1.73 bits per heavy atom. The van der Waals surface area contributed by atoms with Gasteiger partial charge in [-0.2, -0.15) is 0 Å².